The van der Waals surface area contributed by atoms with Crippen molar-refractivity contribution in [3.05, 3.63) is 28.8 Å². The van der Waals surface area contributed by atoms with E-state index in [1.807, 2.05) is 0 Å². The summed E-state index contributed by atoms with van der Waals surface area (Å²) in [6.45, 7) is 2.16. The predicted molar refractivity (Wildman–Crippen MR) is 79.0 cm³/mol. The predicted octanol–water partition coefficient (Wildman–Crippen LogP) is -0.756. The number of aromatic hydroxyl groups is 2. The van der Waals surface area contributed by atoms with Crippen LogP contribution >= 0.6 is 0 Å². The smallest absolute Gasteiger partial charge is 0.328 e. The number of hydrogen-bond acceptors (Lipinski definition) is 9. The summed E-state index contributed by atoms with van der Waals surface area (Å²) in [7, 11) is 0. The average molecular weight is 350 g/mol. The highest BCUT2D eigenvalue weighted by Crippen LogP contribution is 2.57. The van der Waals surface area contributed by atoms with Gasteiger partial charge in [0.15, 0.2) is 23.1 Å². The highest BCUT2D eigenvalue weighted by molar-refractivity contribution is 6.09. The van der Waals surface area contributed by atoms with E-state index in [2.05, 4.69) is 0 Å². The summed E-state index contributed by atoms with van der Waals surface area (Å²) in [6.07, 6.45) is 0.703. The molecule has 1 aromatic carbocycles. The second-order valence-electron chi connectivity index (χ2n) is 6.02. The van der Waals surface area contributed by atoms with Crippen LogP contribution in [0.3, 0.4) is 0 Å². The van der Waals surface area contributed by atoms with Crippen molar-refractivity contribution in [2.75, 3.05) is 0 Å². The van der Waals surface area contributed by atoms with Crippen LogP contribution in [0.4, 0.5) is 0 Å². The molecule has 0 spiro atoms. The van der Waals surface area contributed by atoms with E-state index in [-0.39, 0.29) is 11.1 Å². The molecule has 0 radical (unpaired) electrons. The van der Waals surface area contributed by atoms with E-state index in [1.54, 1.807) is 0 Å². The fourth-order valence-electron chi connectivity index (χ4n) is 3.18. The van der Waals surface area contributed by atoms with Gasteiger partial charge in [0.25, 0.3) is 5.79 Å². The lowest BCUT2D eigenvalue weighted by atomic mass is 9.69. The maximum Gasteiger partial charge on any atom is 0.328 e. The van der Waals surface area contributed by atoms with Crippen LogP contribution in [0.15, 0.2) is 17.7 Å². The van der Waals surface area contributed by atoms with Crippen molar-refractivity contribution in [3.63, 3.8) is 0 Å². The highest BCUT2D eigenvalue weighted by Gasteiger charge is 2.68. The number of phenols is 2. The normalized spacial score (nSPS) is 26.4. The van der Waals surface area contributed by atoms with Gasteiger partial charge in [-0.05, 0) is 26.0 Å². The van der Waals surface area contributed by atoms with Gasteiger partial charge in [0, 0.05) is 16.7 Å². The molecule has 2 bridgehead atoms. The minimum Gasteiger partial charge on any atom is -0.504 e. The second-order valence-corrected chi connectivity index (χ2v) is 6.02. The van der Waals surface area contributed by atoms with Gasteiger partial charge in [-0.2, -0.15) is 0 Å². The summed E-state index contributed by atoms with van der Waals surface area (Å²) in [4.78, 5) is 36.0. The van der Waals surface area contributed by atoms with E-state index < -0.39 is 57.7 Å². The van der Waals surface area contributed by atoms with Crippen LogP contribution in [0.1, 0.15) is 35.7 Å². The number of carbonyl (C=O) groups is 3. The van der Waals surface area contributed by atoms with E-state index in [0.717, 1.165) is 19.9 Å². The van der Waals surface area contributed by atoms with Crippen molar-refractivity contribution in [1.29, 1.82) is 0 Å². The van der Waals surface area contributed by atoms with E-state index in [0.29, 0.717) is 6.08 Å². The number of Topliss-reactive ketones (excluding diaryl/α,β-unsaturated/α-hetero) is 2. The van der Waals surface area contributed by atoms with Crippen molar-refractivity contribution < 1.29 is 44.7 Å². The van der Waals surface area contributed by atoms with Gasteiger partial charge >= 0.3 is 5.79 Å². The maximum absolute atomic E-state index is 12.1. The molecule has 1 heterocycles. The van der Waals surface area contributed by atoms with Crippen LogP contribution < -0.4 is 4.74 Å². The van der Waals surface area contributed by atoms with Crippen LogP contribution in [0.5, 0.6) is 17.2 Å². The van der Waals surface area contributed by atoms with E-state index in [9.17, 15) is 39.9 Å². The molecule has 3 rings (SSSR count). The number of rotatable bonds is 2. The maximum atomic E-state index is 12.1. The van der Waals surface area contributed by atoms with Gasteiger partial charge in [-0.15, -0.1) is 0 Å². The summed E-state index contributed by atoms with van der Waals surface area (Å²) < 4.78 is 4.94. The lowest BCUT2D eigenvalue weighted by Gasteiger charge is -2.49. The van der Waals surface area contributed by atoms with Crippen LogP contribution in [-0.2, 0) is 9.59 Å². The van der Waals surface area contributed by atoms with Gasteiger partial charge < -0.3 is 30.3 Å². The molecule has 0 amide bonds. The van der Waals surface area contributed by atoms with Crippen molar-refractivity contribution in [1.82, 2.24) is 0 Å². The van der Waals surface area contributed by atoms with Crippen molar-refractivity contribution in [3.8, 4) is 17.2 Å². The van der Waals surface area contributed by atoms with Gasteiger partial charge in [0.2, 0.25) is 11.5 Å². The molecule has 0 aromatic heterocycles. The number of ketones is 3. The first-order chi connectivity index (χ1) is 11.4. The number of aliphatic hydroxyl groups is 3. The topological polar surface area (TPSA) is 162 Å². The molecule has 9 heteroatoms. The third kappa shape index (κ3) is 1.97. The Hall–Kier alpha value is -2.75. The minimum absolute atomic E-state index is 0.272. The zero-order valence-corrected chi connectivity index (χ0v) is 13.1. The second kappa shape index (κ2) is 4.88. The highest BCUT2D eigenvalue weighted by atomic mass is 16.7. The Morgan fingerprint density at radius 3 is 2.24 bits per heavy atom. The number of carbonyl (C=O) groups excluding carboxylic acids is 3. The van der Waals surface area contributed by atoms with E-state index in [4.69, 9.17) is 4.74 Å². The van der Waals surface area contributed by atoms with Gasteiger partial charge in [-0.25, -0.2) is 0 Å². The number of ether oxygens (including phenoxy) is 1. The van der Waals surface area contributed by atoms with Crippen LogP contribution in [-0.4, -0.2) is 54.5 Å². The quantitative estimate of drug-likeness (QED) is 0.262. The Labute approximate surface area is 140 Å². The largest absolute Gasteiger partial charge is 0.504 e. The standard InChI is InChI=1S/C16H14O9/c1-5(17)7-3-9(19)13(21)14-11(7)12-8(6(2)18)4-10(20)16(24,25-14)15(12,22)23/h3-4,12,19,21-24H,1-2H3. The monoisotopic (exact) mass is 350 g/mol. The molecule has 2 aliphatic rings. The summed E-state index contributed by atoms with van der Waals surface area (Å²) in [6, 6.07) is 0.870. The summed E-state index contributed by atoms with van der Waals surface area (Å²) in [5, 5.41) is 51.0. The molecular weight excluding hydrogens is 336 g/mol. The fraction of sp³-hybridized carbons (Fsp3) is 0.312. The van der Waals surface area contributed by atoms with Gasteiger partial charge in [-0.3, -0.25) is 14.4 Å². The molecule has 25 heavy (non-hydrogen) atoms. The van der Waals surface area contributed by atoms with Crippen molar-refractivity contribution in [2.45, 2.75) is 31.3 Å². The Balaban J connectivity index is 2.49. The van der Waals surface area contributed by atoms with Gasteiger partial charge in [0.05, 0.1) is 5.92 Å². The molecule has 2 atom stereocenters. The van der Waals surface area contributed by atoms with Crippen LogP contribution in [0.2, 0.25) is 0 Å². The Kier molecular flexibility index (Phi) is 3.34. The fourth-order valence-corrected chi connectivity index (χ4v) is 3.18. The van der Waals surface area contributed by atoms with Crippen molar-refractivity contribution >= 4 is 17.3 Å². The molecule has 0 saturated carbocycles. The average Bonchev–Trinajstić information content (AvgIpc) is 2.48. The lowest BCUT2D eigenvalue weighted by molar-refractivity contribution is -0.339. The number of phenolic OH excluding ortho intramolecular Hbond substituents is 2. The Bertz CT molecular complexity index is 880. The van der Waals surface area contributed by atoms with Crippen LogP contribution in [0, 0.1) is 0 Å². The first kappa shape index (κ1) is 17.1. The zero-order chi connectivity index (χ0) is 18.9. The number of hydrogen-bond donors (Lipinski definition) is 5. The van der Waals surface area contributed by atoms with Gasteiger partial charge in [-0.1, -0.05) is 0 Å². The molecule has 132 valence electrons. The number of benzene rings is 1. The molecule has 5 N–H and O–H groups in total. The summed E-state index contributed by atoms with van der Waals surface area (Å²) in [5.41, 5.74) is -0.991. The third-order valence-corrected chi connectivity index (χ3v) is 4.43. The molecule has 9 nitrogen and oxygen atoms in total. The van der Waals surface area contributed by atoms with E-state index >= 15 is 0 Å². The van der Waals surface area contributed by atoms with Gasteiger partial charge in [0.1, 0.15) is 0 Å². The minimum atomic E-state index is -3.29. The number of fused-ring (bicyclic) bond motifs is 4. The first-order valence-electron chi connectivity index (χ1n) is 7.16. The Morgan fingerprint density at radius 2 is 1.72 bits per heavy atom. The lowest BCUT2D eigenvalue weighted by Crippen LogP contribution is -2.70. The molecule has 0 saturated heterocycles. The summed E-state index contributed by atoms with van der Waals surface area (Å²) >= 11 is 0. The Morgan fingerprint density at radius 1 is 1.12 bits per heavy atom. The molecule has 1 aliphatic heterocycles. The van der Waals surface area contributed by atoms with E-state index in [1.165, 1.54) is 0 Å². The first-order valence-corrected chi connectivity index (χ1v) is 7.16. The molecular formula is C16H14O9. The third-order valence-electron chi connectivity index (χ3n) is 4.43. The SMILES string of the molecule is CC(=O)C1=CC(=O)C2(O)Oc3c(O)c(O)cc(C(C)=O)c3C1C2(O)O. The molecule has 1 aromatic rings. The molecule has 1 aliphatic carbocycles. The summed E-state index contributed by atoms with van der Waals surface area (Å²) in [5.74, 6) is -13.4. The molecule has 0 fully saturated rings. The van der Waals surface area contributed by atoms with Crippen LogP contribution in [0.25, 0.3) is 0 Å². The molecule has 2 unspecified atom stereocenters. The zero-order valence-electron chi connectivity index (χ0n) is 13.1. The van der Waals surface area contributed by atoms with Crippen molar-refractivity contribution in [2.24, 2.45) is 0 Å².